The smallest absolute Gasteiger partial charge is 0.271 e. The number of nitrogens with one attached hydrogen (secondary N) is 2. The quantitative estimate of drug-likeness (QED) is 0.657. The van der Waals surface area contributed by atoms with Crippen LogP contribution in [0.1, 0.15) is 10.4 Å². The maximum Gasteiger partial charge on any atom is 0.271 e. The second-order valence-corrected chi connectivity index (χ2v) is 3.93. The molecule has 0 aliphatic heterocycles. The van der Waals surface area contributed by atoms with Crippen molar-refractivity contribution in [1.82, 2.24) is 4.98 Å². The minimum atomic E-state index is -0.515. The summed E-state index contributed by atoms with van der Waals surface area (Å²) in [7, 11) is 1.67. The fourth-order valence-electron chi connectivity index (χ4n) is 1.66. The van der Waals surface area contributed by atoms with Gasteiger partial charge < -0.3 is 10.6 Å². The lowest BCUT2D eigenvalue weighted by atomic mass is 10.2. The Kier molecular flexibility index (Phi) is 3.90. The van der Waals surface area contributed by atoms with Gasteiger partial charge in [0.2, 0.25) is 0 Å². The van der Waals surface area contributed by atoms with Gasteiger partial charge in [-0.05, 0) is 18.2 Å². The van der Waals surface area contributed by atoms with Crippen LogP contribution in [0.2, 0.25) is 0 Å². The Bertz CT molecular complexity index is 643. The molecule has 0 atom stereocenters. The van der Waals surface area contributed by atoms with Gasteiger partial charge in [0.25, 0.3) is 11.6 Å². The molecule has 0 fully saturated rings. The third-order valence-electron chi connectivity index (χ3n) is 2.66. The Morgan fingerprint density at radius 2 is 2.10 bits per heavy atom. The number of carbonyl (C=O) groups excluding carboxylic acids is 1. The number of carbonyl (C=O) groups is 1. The van der Waals surface area contributed by atoms with Crippen molar-refractivity contribution in [3.63, 3.8) is 0 Å². The zero-order valence-electron chi connectivity index (χ0n) is 10.7. The van der Waals surface area contributed by atoms with Crippen molar-refractivity contribution in [2.45, 2.75) is 0 Å². The average Bonchev–Trinajstić information content (AvgIpc) is 2.48. The molecular formula is C13H12N4O3. The number of anilines is 2. The number of hydrogen-bond acceptors (Lipinski definition) is 5. The molecule has 0 unspecified atom stereocenters. The van der Waals surface area contributed by atoms with E-state index in [2.05, 4.69) is 15.6 Å². The first kappa shape index (κ1) is 13.5. The summed E-state index contributed by atoms with van der Waals surface area (Å²) in [5.74, 6) is -0.380. The molecule has 20 heavy (non-hydrogen) atoms. The van der Waals surface area contributed by atoms with Crippen LogP contribution in [0.15, 0.2) is 42.7 Å². The SMILES string of the molecule is CNc1ccc([N+](=O)[O-])cc1NC(=O)c1cccnc1. The normalized spacial score (nSPS) is 9.85. The van der Waals surface area contributed by atoms with Gasteiger partial charge in [0, 0.05) is 31.6 Å². The summed E-state index contributed by atoms with van der Waals surface area (Å²) < 4.78 is 0. The second-order valence-electron chi connectivity index (χ2n) is 3.93. The highest BCUT2D eigenvalue weighted by molar-refractivity contribution is 6.05. The molecule has 0 aliphatic rings. The standard InChI is InChI=1S/C13H12N4O3/c1-14-11-5-4-10(17(19)20)7-12(11)16-13(18)9-3-2-6-15-8-9/h2-8,14H,1H3,(H,16,18). The van der Waals surface area contributed by atoms with E-state index >= 15 is 0 Å². The highest BCUT2D eigenvalue weighted by atomic mass is 16.6. The summed E-state index contributed by atoms with van der Waals surface area (Å²) in [6, 6.07) is 7.46. The van der Waals surface area contributed by atoms with Crippen LogP contribution in [0.25, 0.3) is 0 Å². The third-order valence-corrected chi connectivity index (χ3v) is 2.66. The number of hydrogen-bond donors (Lipinski definition) is 2. The van der Waals surface area contributed by atoms with Crippen LogP contribution in [0.3, 0.4) is 0 Å². The monoisotopic (exact) mass is 272 g/mol. The van der Waals surface area contributed by atoms with E-state index in [1.165, 1.54) is 24.4 Å². The zero-order valence-corrected chi connectivity index (χ0v) is 10.7. The minimum absolute atomic E-state index is 0.0921. The van der Waals surface area contributed by atoms with Gasteiger partial charge in [-0.25, -0.2) is 0 Å². The Morgan fingerprint density at radius 1 is 1.30 bits per heavy atom. The molecule has 1 aromatic heterocycles. The van der Waals surface area contributed by atoms with Gasteiger partial charge in [0.15, 0.2) is 0 Å². The number of non-ortho nitro benzene ring substituents is 1. The molecule has 1 heterocycles. The molecule has 0 bridgehead atoms. The van der Waals surface area contributed by atoms with E-state index < -0.39 is 4.92 Å². The van der Waals surface area contributed by atoms with Crippen molar-refractivity contribution in [1.29, 1.82) is 0 Å². The highest BCUT2D eigenvalue weighted by Gasteiger charge is 2.13. The van der Waals surface area contributed by atoms with Crippen molar-refractivity contribution in [2.24, 2.45) is 0 Å². The lowest BCUT2D eigenvalue weighted by Crippen LogP contribution is -2.13. The Balaban J connectivity index is 2.30. The minimum Gasteiger partial charge on any atom is -0.386 e. The van der Waals surface area contributed by atoms with E-state index in [0.29, 0.717) is 16.9 Å². The van der Waals surface area contributed by atoms with E-state index in [-0.39, 0.29) is 11.6 Å². The van der Waals surface area contributed by atoms with E-state index in [0.717, 1.165) is 0 Å². The van der Waals surface area contributed by atoms with Gasteiger partial charge >= 0.3 is 0 Å². The van der Waals surface area contributed by atoms with E-state index in [1.807, 2.05) is 0 Å². The molecule has 2 rings (SSSR count). The molecule has 1 aromatic carbocycles. The molecule has 0 aliphatic carbocycles. The Morgan fingerprint density at radius 3 is 2.70 bits per heavy atom. The molecular weight excluding hydrogens is 260 g/mol. The molecule has 1 amide bonds. The van der Waals surface area contributed by atoms with Crippen LogP contribution < -0.4 is 10.6 Å². The third kappa shape index (κ3) is 2.89. The summed E-state index contributed by atoms with van der Waals surface area (Å²) in [6.07, 6.45) is 2.98. The largest absolute Gasteiger partial charge is 0.386 e. The Hall–Kier alpha value is -2.96. The summed E-state index contributed by atoms with van der Waals surface area (Å²) in [4.78, 5) is 26.1. The van der Waals surface area contributed by atoms with Crippen molar-refractivity contribution < 1.29 is 9.72 Å². The number of pyridine rings is 1. The number of rotatable bonds is 4. The van der Waals surface area contributed by atoms with Crippen molar-refractivity contribution in [3.05, 3.63) is 58.4 Å². The average molecular weight is 272 g/mol. The summed E-state index contributed by atoms with van der Waals surface area (Å²) in [6.45, 7) is 0. The molecule has 0 spiro atoms. The molecule has 0 radical (unpaired) electrons. The van der Waals surface area contributed by atoms with Crippen molar-refractivity contribution in [2.75, 3.05) is 17.7 Å². The fourth-order valence-corrected chi connectivity index (χ4v) is 1.66. The van der Waals surface area contributed by atoms with Crippen LogP contribution in [-0.4, -0.2) is 22.9 Å². The van der Waals surface area contributed by atoms with Gasteiger partial charge in [0.1, 0.15) is 0 Å². The number of benzene rings is 1. The van der Waals surface area contributed by atoms with Gasteiger partial charge in [-0.15, -0.1) is 0 Å². The summed E-state index contributed by atoms with van der Waals surface area (Å²) in [5, 5.41) is 16.3. The van der Waals surface area contributed by atoms with Crippen molar-refractivity contribution in [3.8, 4) is 0 Å². The highest BCUT2D eigenvalue weighted by Crippen LogP contribution is 2.27. The van der Waals surface area contributed by atoms with Gasteiger partial charge in [0.05, 0.1) is 21.9 Å². The second kappa shape index (κ2) is 5.79. The van der Waals surface area contributed by atoms with Crippen LogP contribution in [0.4, 0.5) is 17.1 Å². The van der Waals surface area contributed by atoms with E-state index in [9.17, 15) is 14.9 Å². The molecule has 7 nitrogen and oxygen atoms in total. The van der Waals surface area contributed by atoms with Crippen LogP contribution in [0.5, 0.6) is 0 Å². The number of amides is 1. The molecule has 7 heteroatoms. The molecule has 2 N–H and O–H groups in total. The molecule has 2 aromatic rings. The molecule has 0 saturated heterocycles. The van der Waals surface area contributed by atoms with Gasteiger partial charge in [-0.1, -0.05) is 0 Å². The molecule has 102 valence electrons. The van der Waals surface area contributed by atoms with Gasteiger partial charge in [-0.2, -0.15) is 0 Å². The zero-order chi connectivity index (χ0) is 14.5. The lowest BCUT2D eigenvalue weighted by Gasteiger charge is -2.10. The lowest BCUT2D eigenvalue weighted by molar-refractivity contribution is -0.384. The predicted molar refractivity (Wildman–Crippen MR) is 74.8 cm³/mol. The maximum atomic E-state index is 12.0. The van der Waals surface area contributed by atoms with Gasteiger partial charge in [-0.3, -0.25) is 19.9 Å². The van der Waals surface area contributed by atoms with Crippen LogP contribution >= 0.6 is 0 Å². The summed E-state index contributed by atoms with van der Waals surface area (Å²) >= 11 is 0. The topological polar surface area (TPSA) is 97.2 Å². The Labute approximate surface area is 114 Å². The predicted octanol–water partition coefficient (Wildman–Crippen LogP) is 2.28. The first-order chi connectivity index (χ1) is 9.61. The van der Waals surface area contributed by atoms with Crippen LogP contribution in [0, 0.1) is 10.1 Å². The van der Waals surface area contributed by atoms with E-state index in [1.54, 1.807) is 25.4 Å². The van der Waals surface area contributed by atoms with E-state index in [4.69, 9.17) is 0 Å². The van der Waals surface area contributed by atoms with Crippen molar-refractivity contribution >= 4 is 23.0 Å². The fraction of sp³-hybridized carbons (Fsp3) is 0.0769. The number of nitro groups is 1. The van der Waals surface area contributed by atoms with Crippen LogP contribution in [-0.2, 0) is 0 Å². The molecule has 0 saturated carbocycles. The number of nitrogens with zero attached hydrogens (tertiary/aromatic N) is 2. The maximum absolute atomic E-state index is 12.0. The summed E-state index contributed by atoms with van der Waals surface area (Å²) in [5.41, 5.74) is 1.22. The number of aromatic nitrogens is 1. The first-order valence-electron chi connectivity index (χ1n) is 5.79. The first-order valence-corrected chi connectivity index (χ1v) is 5.79. The number of nitro benzene ring substituents is 1.